The van der Waals surface area contributed by atoms with Gasteiger partial charge in [-0.25, -0.2) is 28.1 Å². The van der Waals surface area contributed by atoms with Crippen molar-refractivity contribution in [2.45, 2.75) is 48.8 Å². The van der Waals surface area contributed by atoms with Crippen molar-refractivity contribution >= 4 is 43.7 Å². The average molecular weight is 708 g/mol. The molecule has 1 aliphatic rings. The summed E-state index contributed by atoms with van der Waals surface area (Å²) >= 11 is 0. The molecule has 262 valence electrons. The molecule has 0 saturated carbocycles. The van der Waals surface area contributed by atoms with Crippen molar-refractivity contribution in [2.24, 2.45) is 0 Å². The molecule has 5 N–H and O–H groups in total. The van der Waals surface area contributed by atoms with Gasteiger partial charge in [-0.3, -0.25) is 9.36 Å². The van der Waals surface area contributed by atoms with Crippen LogP contribution in [0.3, 0.4) is 0 Å². The standard InChI is InChI=1S/C37H37N7O6S/c1-2-38-36(47)33-31(45)32(46)37(50-33)44-22-40-30-34(39-20-28(24-12-5-3-6-13-24)25-14-7-4-8-15-25)42-29(43-35(30)44)21-41-51(48,49)27-18-17-23-11-9-10-16-26(23)19-27/h3-19,22,28,31-33,37,41,45-46H,2,20-21H2,1H3,(H,38,47)(H,39,42,43)/t31-,32+,33-,37+/m0/s1. The van der Waals surface area contributed by atoms with Gasteiger partial charge in [0.05, 0.1) is 17.8 Å². The van der Waals surface area contributed by atoms with E-state index < -0.39 is 40.5 Å². The Morgan fingerprint density at radius 2 is 1.55 bits per heavy atom. The number of benzene rings is 4. The first-order valence-corrected chi connectivity index (χ1v) is 18.1. The molecule has 4 aromatic carbocycles. The second-order valence-electron chi connectivity index (χ2n) is 12.2. The van der Waals surface area contributed by atoms with Gasteiger partial charge in [0.1, 0.15) is 18.0 Å². The summed E-state index contributed by atoms with van der Waals surface area (Å²) in [6.45, 7) is 2.17. The highest BCUT2D eigenvalue weighted by molar-refractivity contribution is 7.89. The third-order valence-corrected chi connectivity index (χ3v) is 10.3. The van der Waals surface area contributed by atoms with Gasteiger partial charge >= 0.3 is 0 Å². The molecule has 13 nitrogen and oxygen atoms in total. The zero-order valence-corrected chi connectivity index (χ0v) is 28.4. The first-order valence-electron chi connectivity index (χ1n) is 16.6. The number of fused-ring (bicyclic) bond motifs is 2. The molecule has 2 aromatic heterocycles. The molecular weight excluding hydrogens is 671 g/mol. The van der Waals surface area contributed by atoms with Crippen molar-refractivity contribution in [1.82, 2.24) is 29.6 Å². The maximum Gasteiger partial charge on any atom is 0.252 e. The lowest BCUT2D eigenvalue weighted by Gasteiger charge is -2.20. The summed E-state index contributed by atoms with van der Waals surface area (Å²) in [6, 6.07) is 32.4. The molecule has 51 heavy (non-hydrogen) atoms. The molecule has 1 fully saturated rings. The molecule has 0 spiro atoms. The zero-order chi connectivity index (χ0) is 35.5. The van der Waals surface area contributed by atoms with Gasteiger partial charge in [-0.1, -0.05) is 91.0 Å². The lowest BCUT2D eigenvalue weighted by molar-refractivity contribution is -0.137. The number of hydrogen-bond acceptors (Lipinski definition) is 10. The fourth-order valence-electron chi connectivity index (χ4n) is 6.31. The van der Waals surface area contributed by atoms with E-state index in [1.807, 2.05) is 84.9 Å². The monoisotopic (exact) mass is 707 g/mol. The number of sulfonamides is 1. The highest BCUT2D eigenvalue weighted by atomic mass is 32.2. The van der Waals surface area contributed by atoms with Crippen molar-refractivity contribution < 1.29 is 28.2 Å². The molecular formula is C37H37N7O6S. The van der Waals surface area contributed by atoms with Crippen LogP contribution in [0.1, 0.15) is 36.0 Å². The SMILES string of the molecule is CCNC(=O)[C@H]1O[C@@H](n2cnc3c(NCC(c4ccccc4)c4ccccc4)nc(CNS(=O)(=O)c4ccc5ccccc5c4)nc32)[C@H](O)[C@@H]1O. The number of aromatic nitrogens is 4. The van der Waals surface area contributed by atoms with Gasteiger partial charge < -0.3 is 25.6 Å². The van der Waals surface area contributed by atoms with Crippen LogP contribution in [0.15, 0.2) is 114 Å². The largest absolute Gasteiger partial charge is 0.387 e. The topological polar surface area (TPSA) is 181 Å². The van der Waals surface area contributed by atoms with Crippen LogP contribution in [0.2, 0.25) is 0 Å². The van der Waals surface area contributed by atoms with Gasteiger partial charge in [0.2, 0.25) is 10.0 Å². The van der Waals surface area contributed by atoms with Gasteiger partial charge in [0.25, 0.3) is 5.91 Å². The number of likely N-dealkylation sites (N-methyl/N-ethyl adjacent to an activating group) is 1. The summed E-state index contributed by atoms with van der Waals surface area (Å²) < 4.78 is 36.8. The number of carbonyl (C=O) groups is 1. The van der Waals surface area contributed by atoms with E-state index in [-0.39, 0.29) is 28.8 Å². The molecule has 0 unspecified atom stereocenters. The van der Waals surface area contributed by atoms with Gasteiger partial charge in [-0.15, -0.1) is 0 Å². The number of anilines is 1. The predicted molar refractivity (Wildman–Crippen MR) is 191 cm³/mol. The number of amides is 1. The molecule has 6 aromatic rings. The van der Waals surface area contributed by atoms with E-state index >= 15 is 0 Å². The van der Waals surface area contributed by atoms with Crippen LogP contribution in [-0.4, -0.2) is 75.5 Å². The Morgan fingerprint density at radius 1 is 0.882 bits per heavy atom. The molecule has 14 heteroatoms. The Hall–Kier alpha value is -5.25. The number of carbonyl (C=O) groups excluding carboxylic acids is 1. The number of aliphatic hydroxyl groups is 2. The first-order chi connectivity index (χ1) is 24.7. The van der Waals surface area contributed by atoms with Crippen molar-refractivity contribution in [3.63, 3.8) is 0 Å². The van der Waals surface area contributed by atoms with Gasteiger partial charge in [-0.05, 0) is 41.0 Å². The van der Waals surface area contributed by atoms with Gasteiger partial charge in [0.15, 0.2) is 29.3 Å². The number of nitrogens with one attached hydrogen (secondary N) is 3. The first kappa shape index (κ1) is 34.2. The maximum atomic E-state index is 13.5. The summed E-state index contributed by atoms with van der Waals surface area (Å²) in [4.78, 5) is 26.6. The predicted octanol–water partition coefficient (Wildman–Crippen LogP) is 3.46. The summed E-state index contributed by atoms with van der Waals surface area (Å²) in [5, 5.41) is 29.4. The van der Waals surface area contributed by atoms with E-state index in [0.29, 0.717) is 24.4 Å². The molecule has 0 bridgehead atoms. The van der Waals surface area contributed by atoms with Crippen LogP contribution in [0.25, 0.3) is 21.9 Å². The molecule has 7 rings (SSSR count). The molecule has 1 saturated heterocycles. The number of nitrogens with zero attached hydrogens (tertiary/aromatic N) is 4. The van der Waals surface area contributed by atoms with Crippen LogP contribution < -0.4 is 15.4 Å². The lowest BCUT2D eigenvalue weighted by atomic mass is 9.91. The van der Waals surface area contributed by atoms with E-state index in [0.717, 1.165) is 21.9 Å². The van der Waals surface area contributed by atoms with Crippen LogP contribution in [0.4, 0.5) is 5.82 Å². The van der Waals surface area contributed by atoms with Crippen LogP contribution in [-0.2, 0) is 26.1 Å². The van der Waals surface area contributed by atoms with Crippen molar-refractivity contribution in [3.05, 3.63) is 126 Å². The Labute approximate surface area is 294 Å². The highest BCUT2D eigenvalue weighted by Gasteiger charge is 2.47. The fourth-order valence-corrected chi connectivity index (χ4v) is 7.32. The normalized spacial score (nSPS) is 19.1. The lowest BCUT2D eigenvalue weighted by Crippen LogP contribution is -2.42. The Kier molecular flexibility index (Phi) is 9.75. The van der Waals surface area contributed by atoms with E-state index in [9.17, 15) is 23.4 Å². The number of imidazole rings is 1. The minimum atomic E-state index is -3.98. The Bertz CT molecular complexity index is 2230. The van der Waals surface area contributed by atoms with E-state index in [1.54, 1.807) is 25.1 Å². The number of ether oxygens (including phenoxy) is 1. The molecule has 1 aliphatic heterocycles. The van der Waals surface area contributed by atoms with Gasteiger partial charge in [0, 0.05) is 19.0 Å². The van der Waals surface area contributed by atoms with Crippen LogP contribution in [0, 0.1) is 0 Å². The van der Waals surface area contributed by atoms with E-state index in [4.69, 9.17) is 9.72 Å². The van der Waals surface area contributed by atoms with E-state index in [2.05, 4.69) is 25.3 Å². The fraction of sp³-hybridized carbons (Fsp3) is 0.243. The number of rotatable bonds is 12. The van der Waals surface area contributed by atoms with Crippen molar-refractivity contribution in [3.8, 4) is 0 Å². The quantitative estimate of drug-likeness (QED) is 0.126. The molecule has 0 aliphatic carbocycles. The maximum absolute atomic E-state index is 13.5. The Morgan fingerprint density at radius 3 is 2.24 bits per heavy atom. The summed E-state index contributed by atoms with van der Waals surface area (Å²) in [5.41, 5.74) is 2.67. The second kappa shape index (κ2) is 14.5. The van der Waals surface area contributed by atoms with E-state index in [1.165, 1.54) is 10.9 Å². The number of hydrogen-bond donors (Lipinski definition) is 5. The molecule has 0 radical (unpaired) electrons. The molecule has 3 heterocycles. The smallest absolute Gasteiger partial charge is 0.252 e. The third kappa shape index (κ3) is 7.04. The van der Waals surface area contributed by atoms with Gasteiger partial charge in [-0.2, -0.15) is 0 Å². The summed E-state index contributed by atoms with van der Waals surface area (Å²) in [7, 11) is -3.98. The molecule has 4 atom stereocenters. The summed E-state index contributed by atoms with van der Waals surface area (Å²) in [5.74, 6) is -0.212. The summed E-state index contributed by atoms with van der Waals surface area (Å²) in [6.07, 6.45) is -4.16. The average Bonchev–Trinajstić information content (AvgIpc) is 3.71. The zero-order valence-electron chi connectivity index (χ0n) is 27.6. The minimum absolute atomic E-state index is 0.0812. The number of aliphatic hydroxyl groups excluding tert-OH is 2. The molecule has 1 amide bonds. The van der Waals surface area contributed by atoms with Crippen molar-refractivity contribution in [1.29, 1.82) is 0 Å². The minimum Gasteiger partial charge on any atom is -0.387 e. The van der Waals surface area contributed by atoms with Crippen LogP contribution in [0.5, 0.6) is 0 Å². The Balaban J connectivity index is 1.24. The van der Waals surface area contributed by atoms with Crippen LogP contribution >= 0.6 is 0 Å². The highest BCUT2D eigenvalue weighted by Crippen LogP contribution is 2.33. The second-order valence-corrected chi connectivity index (χ2v) is 14.0. The third-order valence-electron chi connectivity index (χ3n) is 8.92. The van der Waals surface area contributed by atoms with Crippen molar-refractivity contribution in [2.75, 3.05) is 18.4 Å².